The number of rotatable bonds is 3. The number of hydrogen-bond acceptors (Lipinski definition) is 4. The highest BCUT2D eigenvalue weighted by molar-refractivity contribution is 7.10. The van der Waals surface area contributed by atoms with Gasteiger partial charge in [0.1, 0.15) is 0 Å². The van der Waals surface area contributed by atoms with Gasteiger partial charge in [0.2, 0.25) is 0 Å². The van der Waals surface area contributed by atoms with Crippen molar-refractivity contribution in [2.75, 3.05) is 7.05 Å². The summed E-state index contributed by atoms with van der Waals surface area (Å²) in [5, 5.41) is 5.46. The first-order valence-electron chi connectivity index (χ1n) is 4.42. The lowest BCUT2D eigenvalue weighted by Crippen LogP contribution is -2.16. The van der Waals surface area contributed by atoms with Crippen molar-refractivity contribution in [1.29, 1.82) is 0 Å². The molecule has 0 amide bonds. The van der Waals surface area contributed by atoms with E-state index in [2.05, 4.69) is 28.7 Å². The number of thiazole rings is 1. The van der Waals surface area contributed by atoms with E-state index >= 15 is 0 Å². The molecule has 0 bridgehead atoms. The molecule has 2 nitrogen and oxygen atoms in total. The fourth-order valence-electron chi connectivity index (χ4n) is 1.51. The molecule has 0 aromatic carbocycles. The number of nitrogens with zero attached hydrogens (tertiary/aromatic N) is 1. The Morgan fingerprint density at radius 1 is 1.43 bits per heavy atom. The highest BCUT2D eigenvalue weighted by Gasteiger charge is 2.15. The van der Waals surface area contributed by atoms with E-state index in [1.807, 2.05) is 18.8 Å². The molecule has 74 valence electrons. The predicted octanol–water partition coefficient (Wildman–Crippen LogP) is 2.82. The fraction of sp³-hybridized carbons (Fsp3) is 0.300. The average Bonchev–Trinajstić information content (AvgIpc) is 2.80. The fourth-order valence-corrected chi connectivity index (χ4v) is 3.00. The maximum absolute atomic E-state index is 4.11. The minimum absolute atomic E-state index is 0.300. The quantitative estimate of drug-likeness (QED) is 0.867. The van der Waals surface area contributed by atoms with Crippen LogP contribution in [0.3, 0.4) is 0 Å². The Kier molecular flexibility index (Phi) is 2.96. The molecule has 2 heterocycles. The van der Waals surface area contributed by atoms with Gasteiger partial charge in [0, 0.05) is 16.0 Å². The summed E-state index contributed by atoms with van der Waals surface area (Å²) in [7, 11) is 1.99. The zero-order chi connectivity index (χ0) is 9.97. The first-order valence-corrected chi connectivity index (χ1v) is 6.18. The zero-order valence-electron chi connectivity index (χ0n) is 8.15. The van der Waals surface area contributed by atoms with Gasteiger partial charge in [0.05, 0.1) is 11.6 Å². The summed E-state index contributed by atoms with van der Waals surface area (Å²) in [5.74, 6) is 0. The van der Waals surface area contributed by atoms with Crippen LogP contribution in [0.15, 0.2) is 23.2 Å². The smallest absolute Gasteiger partial charge is 0.0794 e. The van der Waals surface area contributed by atoms with Crippen molar-refractivity contribution in [2.45, 2.75) is 13.0 Å². The number of aromatic nitrogens is 1. The van der Waals surface area contributed by atoms with Crippen molar-refractivity contribution in [3.05, 3.63) is 38.5 Å². The zero-order valence-corrected chi connectivity index (χ0v) is 9.78. The van der Waals surface area contributed by atoms with Crippen LogP contribution in [0.1, 0.15) is 21.4 Å². The lowest BCUT2D eigenvalue weighted by molar-refractivity contribution is 0.701. The van der Waals surface area contributed by atoms with E-state index in [1.54, 1.807) is 22.7 Å². The Morgan fingerprint density at radius 2 is 2.29 bits per heavy atom. The number of nitrogens with one attached hydrogen (secondary N) is 1. The molecular formula is C10H12N2S2. The van der Waals surface area contributed by atoms with Gasteiger partial charge in [-0.2, -0.15) is 0 Å². The topological polar surface area (TPSA) is 24.9 Å². The van der Waals surface area contributed by atoms with E-state index in [0.29, 0.717) is 6.04 Å². The third-order valence-electron chi connectivity index (χ3n) is 2.23. The summed E-state index contributed by atoms with van der Waals surface area (Å²) < 4.78 is 0. The monoisotopic (exact) mass is 224 g/mol. The normalized spacial score (nSPS) is 13.0. The molecule has 1 atom stereocenters. The highest BCUT2D eigenvalue weighted by Crippen LogP contribution is 2.29. The molecule has 2 aromatic heterocycles. The molecule has 0 aliphatic rings. The Bertz CT molecular complexity index is 392. The second kappa shape index (κ2) is 4.21. The van der Waals surface area contributed by atoms with Gasteiger partial charge in [-0.25, -0.2) is 0 Å². The first kappa shape index (κ1) is 9.83. The van der Waals surface area contributed by atoms with Gasteiger partial charge in [-0.1, -0.05) is 0 Å². The van der Waals surface area contributed by atoms with Crippen LogP contribution < -0.4 is 5.32 Å². The van der Waals surface area contributed by atoms with Gasteiger partial charge in [-0.3, -0.25) is 4.98 Å². The van der Waals surface area contributed by atoms with Crippen molar-refractivity contribution in [1.82, 2.24) is 10.3 Å². The van der Waals surface area contributed by atoms with Crippen LogP contribution in [-0.4, -0.2) is 12.0 Å². The molecule has 2 rings (SSSR count). The van der Waals surface area contributed by atoms with Crippen molar-refractivity contribution < 1.29 is 0 Å². The molecule has 1 N–H and O–H groups in total. The second-order valence-electron chi connectivity index (χ2n) is 3.06. The maximum atomic E-state index is 4.11. The molecule has 0 aliphatic carbocycles. The molecule has 1 unspecified atom stereocenters. The van der Waals surface area contributed by atoms with Gasteiger partial charge in [-0.15, -0.1) is 22.7 Å². The minimum Gasteiger partial charge on any atom is -0.309 e. The van der Waals surface area contributed by atoms with Crippen LogP contribution in [0, 0.1) is 6.92 Å². The van der Waals surface area contributed by atoms with Crippen molar-refractivity contribution in [2.24, 2.45) is 0 Å². The lowest BCUT2D eigenvalue weighted by atomic mass is 10.1. The molecule has 0 fully saturated rings. The first-order chi connectivity index (χ1) is 6.83. The third-order valence-corrected chi connectivity index (χ3v) is 3.94. The van der Waals surface area contributed by atoms with Gasteiger partial charge >= 0.3 is 0 Å². The summed E-state index contributed by atoms with van der Waals surface area (Å²) in [6, 6.07) is 2.48. The van der Waals surface area contributed by atoms with E-state index in [0.717, 1.165) is 0 Å². The molecule has 0 aliphatic heterocycles. The van der Waals surface area contributed by atoms with Crippen molar-refractivity contribution in [3.8, 4) is 0 Å². The summed E-state index contributed by atoms with van der Waals surface area (Å²) in [4.78, 5) is 6.76. The standard InChI is InChI=1S/C10H12N2S2/c1-7-8(3-4-13-7)10(11-2)9-5-12-6-14-9/h3-6,10-11H,1-2H3. The van der Waals surface area contributed by atoms with E-state index in [1.165, 1.54) is 15.3 Å². The number of hydrogen-bond donors (Lipinski definition) is 1. The summed E-state index contributed by atoms with van der Waals surface area (Å²) >= 11 is 3.48. The maximum Gasteiger partial charge on any atom is 0.0794 e. The van der Waals surface area contributed by atoms with Crippen LogP contribution in [0.5, 0.6) is 0 Å². The summed E-state index contributed by atoms with van der Waals surface area (Å²) in [6.45, 7) is 2.16. The summed E-state index contributed by atoms with van der Waals surface area (Å²) in [5.41, 5.74) is 3.24. The van der Waals surface area contributed by atoms with Crippen LogP contribution in [-0.2, 0) is 0 Å². The van der Waals surface area contributed by atoms with Crippen LogP contribution in [0.4, 0.5) is 0 Å². The van der Waals surface area contributed by atoms with Gasteiger partial charge < -0.3 is 5.32 Å². The Hall–Kier alpha value is -0.710. The molecule has 0 saturated heterocycles. The Labute approximate surface area is 91.6 Å². The Balaban J connectivity index is 2.36. The van der Waals surface area contributed by atoms with Crippen LogP contribution in [0.2, 0.25) is 0 Å². The average molecular weight is 224 g/mol. The van der Waals surface area contributed by atoms with Crippen molar-refractivity contribution >= 4 is 22.7 Å². The lowest BCUT2D eigenvalue weighted by Gasteiger charge is -2.13. The molecule has 0 saturated carbocycles. The molecule has 2 aromatic rings. The number of thiophene rings is 1. The summed E-state index contributed by atoms with van der Waals surface area (Å²) in [6.07, 6.45) is 1.93. The van der Waals surface area contributed by atoms with E-state index in [9.17, 15) is 0 Å². The SMILES string of the molecule is CNC(c1cncs1)c1ccsc1C. The van der Waals surface area contributed by atoms with Crippen LogP contribution >= 0.6 is 22.7 Å². The van der Waals surface area contributed by atoms with E-state index < -0.39 is 0 Å². The molecular weight excluding hydrogens is 212 g/mol. The molecule has 4 heteroatoms. The van der Waals surface area contributed by atoms with Gasteiger partial charge in [-0.05, 0) is 31.0 Å². The minimum atomic E-state index is 0.300. The van der Waals surface area contributed by atoms with E-state index in [4.69, 9.17) is 0 Å². The Morgan fingerprint density at radius 3 is 2.79 bits per heavy atom. The van der Waals surface area contributed by atoms with E-state index in [-0.39, 0.29) is 0 Å². The molecule has 0 spiro atoms. The second-order valence-corrected chi connectivity index (χ2v) is 5.10. The third kappa shape index (κ3) is 1.73. The number of aryl methyl sites for hydroxylation is 1. The molecule has 14 heavy (non-hydrogen) atoms. The molecule has 0 radical (unpaired) electrons. The van der Waals surface area contributed by atoms with Gasteiger partial charge in [0.15, 0.2) is 0 Å². The largest absolute Gasteiger partial charge is 0.309 e. The van der Waals surface area contributed by atoms with Gasteiger partial charge in [0.25, 0.3) is 0 Å². The highest BCUT2D eigenvalue weighted by atomic mass is 32.1. The predicted molar refractivity (Wildman–Crippen MR) is 62.1 cm³/mol. The van der Waals surface area contributed by atoms with Crippen LogP contribution in [0.25, 0.3) is 0 Å². The van der Waals surface area contributed by atoms with Crippen molar-refractivity contribution in [3.63, 3.8) is 0 Å².